The SMILES string of the molecule is Cc1nc(-c2nnn(C)c2NC(=O)O[C@H](C)c2cc(Cl)ccc2F)ccc1NS(C)(=O)=O. The number of rotatable bonds is 6. The molecule has 0 unspecified atom stereocenters. The lowest BCUT2D eigenvalue weighted by atomic mass is 10.1. The zero-order valence-corrected chi connectivity index (χ0v) is 19.1. The summed E-state index contributed by atoms with van der Waals surface area (Å²) in [5.74, 6) is -0.371. The summed E-state index contributed by atoms with van der Waals surface area (Å²) < 4.78 is 45.9. The molecule has 0 aliphatic carbocycles. The van der Waals surface area contributed by atoms with E-state index in [1.807, 2.05) is 0 Å². The summed E-state index contributed by atoms with van der Waals surface area (Å²) in [5, 5.41) is 10.7. The van der Waals surface area contributed by atoms with Gasteiger partial charge in [-0.25, -0.2) is 27.3 Å². The Hall–Kier alpha value is -3.25. The van der Waals surface area contributed by atoms with Crippen LogP contribution in [0.5, 0.6) is 0 Å². The Bertz CT molecular complexity index is 1280. The van der Waals surface area contributed by atoms with Gasteiger partial charge < -0.3 is 4.74 Å². The Balaban J connectivity index is 1.81. The number of hydrogen-bond acceptors (Lipinski definition) is 7. The summed E-state index contributed by atoms with van der Waals surface area (Å²) in [4.78, 5) is 16.8. The minimum atomic E-state index is -3.47. The number of carbonyl (C=O) groups excluding carboxylic acids is 1. The molecular weight excluding hydrogens is 463 g/mol. The minimum Gasteiger partial charge on any atom is -0.441 e. The van der Waals surface area contributed by atoms with Gasteiger partial charge in [-0.2, -0.15) is 0 Å². The number of nitrogens with one attached hydrogen (secondary N) is 2. The summed E-state index contributed by atoms with van der Waals surface area (Å²) in [6.07, 6.45) is -0.747. The van der Waals surface area contributed by atoms with Crippen LogP contribution in [-0.2, 0) is 21.8 Å². The predicted molar refractivity (Wildman–Crippen MR) is 117 cm³/mol. The molecule has 2 N–H and O–H groups in total. The fraction of sp³-hybridized carbons (Fsp3) is 0.263. The summed E-state index contributed by atoms with van der Waals surface area (Å²) in [7, 11) is -1.91. The number of halogens is 2. The zero-order chi connectivity index (χ0) is 23.6. The molecule has 10 nitrogen and oxygen atoms in total. The van der Waals surface area contributed by atoms with Gasteiger partial charge in [0.2, 0.25) is 10.0 Å². The molecule has 0 spiro atoms. The fourth-order valence-corrected chi connectivity index (χ4v) is 3.64. The van der Waals surface area contributed by atoms with E-state index in [1.165, 1.54) is 41.9 Å². The van der Waals surface area contributed by atoms with Crippen LogP contribution in [0.25, 0.3) is 11.4 Å². The second-order valence-corrected chi connectivity index (χ2v) is 9.14. The number of hydrogen-bond donors (Lipinski definition) is 2. The maximum Gasteiger partial charge on any atom is 0.413 e. The maximum atomic E-state index is 14.0. The molecule has 3 rings (SSSR count). The van der Waals surface area contributed by atoms with Gasteiger partial charge in [0.1, 0.15) is 11.9 Å². The lowest BCUT2D eigenvalue weighted by molar-refractivity contribution is 0.119. The van der Waals surface area contributed by atoms with Crippen molar-refractivity contribution in [1.82, 2.24) is 20.0 Å². The van der Waals surface area contributed by atoms with Crippen LogP contribution in [-0.4, -0.2) is 40.7 Å². The number of nitrogens with zero attached hydrogens (tertiary/aromatic N) is 4. The Labute approximate surface area is 188 Å². The lowest BCUT2D eigenvalue weighted by Crippen LogP contribution is -2.19. The highest BCUT2D eigenvalue weighted by Crippen LogP contribution is 2.28. The molecule has 0 bridgehead atoms. The second kappa shape index (κ2) is 9.09. The van der Waals surface area contributed by atoms with Gasteiger partial charge in [-0.1, -0.05) is 16.8 Å². The number of aryl methyl sites for hydroxylation is 2. The number of benzene rings is 1. The van der Waals surface area contributed by atoms with E-state index in [1.54, 1.807) is 14.0 Å². The van der Waals surface area contributed by atoms with Crippen molar-refractivity contribution in [3.63, 3.8) is 0 Å². The van der Waals surface area contributed by atoms with Crippen molar-refractivity contribution in [2.24, 2.45) is 7.05 Å². The molecule has 2 heterocycles. The molecule has 0 saturated heterocycles. The van der Waals surface area contributed by atoms with Crippen molar-refractivity contribution in [2.75, 3.05) is 16.3 Å². The average Bonchev–Trinajstić information content (AvgIpc) is 3.04. The highest BCUT2D eigenvalue weighted by Gasteiger charge is 2.21. The first-order valence-corrected chi connectivity index (χ1v) is 11.5. The van der Waals surface area contributed by atoms with Crippen LogP contribution in [0.15, 0.2) is 30.3 Å². The summed E-state index contributed by atoms with van der Waals surface area (Å²) in [6.45, 7) is 3.13. The van der Waals surface area contributed by atoms with Crippen LogP contribution in [0.4, 0.5) is 20.7 Å². The van der Waals surface area contributed by atoms with Gasteiger partial charge in [-0.15, -0.1) is 5.10 Å². The molecule has 0 aliphatic heterocycles. The van der Waals surface area contributed by atoms with Gasteiger partial charge in [0, 0.05) is 17.6 Å². The van der Waals surface area contributed by atoms with Crippen LogP contribution in [0.3, 0.4) is 0 Å². The number of pyridine rings is 1. The molecule has 170 valence electrons. The standard InChI is InChI=1S/C19H20ClFN6O4S/c1-10-15(25-32(4,29)30)7-8-16(22-10)17-18(27(3)26-24-17)23-19(28)31-11(2)13-9-12(20)5-6-14(13)21/h5-9,11,25H,1-4H3,(H,23,28)/t11-/m1/s1. The Morgan fingerprint density at radius 2 is 2.00 bits per heavy atom. The van der Waals surface area contributed by atoms with Crippen LogP contribution in [0.1, 0.15) is 24.3 Å². The van der Waals surface area contributed by atoms with Gasteiger partial charge in [-0.3, -0.25) is 10.0 Å². The second-order valence-electron chi connectivity index (χ2n) is 6.95. The number of aromatic nitrogens is 4. The maximum absolute atomic E-state index is 14.0. The summed E-state index contributed by atoms with van der Waals surface area (Å²) in [5.41, 5.74) is 1.42. The Kier molecular flexibility index (Phi) is 6.65. The third-order valence-electron chi connectivity index (χ3n) is 4.35. The third-order valence-corrected chi connectivity index (χ3v) is 5.18. The number of ether oxygens (including phenoxy) is 1. The predicted octanol–water partition coefficient (Wildman–Crippen LogP) is 3.66. The van der Waals surface area contributed by atoms with Crippen molar-refractivity contribution < 1.29 is 22.3 Å². The molecule has 32 heavy (non-hydrogen) atoms. The first-order valence-electron chi connectivity index (χ1n) is 9.22. The molecule has 3 aromatic rings. The zero-order valence-electron chi connectivity index (χ0n) is 17.6. The first-order chi connectivity index (χ1) is 14.9. The lowest BCUT2D eigenvalue weighted by Gasteiger charge is -2.15. The van der Waals surface area contributed by atoms with Crippen molar-refractivity contribution in [1.29, 1.82) is 0 Å². The number of carbonyl (C=O) groups is 1. The molecule has 1 atom stereocenters. The van der Waals surface area contributed by atoms with Gasteiger partial charge in [0.15, 0.2) is 11.5 Å². The quantitative estimate of drug-likeness (QED) is 0.548. The summed E-state index contributed by atoms with van der Waals surface area (Å²) >= 11 is 5.89. The average molecular weight is 483 g/mol. The smallest absolute Gasteiger partial charge is 0.413 e. The highest BCUT2D eigenvalue weighted by molar-refractivity contribution is 7.92. The normalized spacial score (nSPS) is 12.3. The van der Waals surface area contributed by atoms with E-state index >= 15 is 0 Å². The van der Waals surface area contributed by atoms with E-state index in [0.717, 1.165) is 6.26 Å². The van der Waals surface area contributed by atoms with E-state index in [9.17, 15) is 17.6 Å². The molecule has 0 radical (unpaired) electrons. The molecular formula is C19H20ClFN6O4S. The van der Waals surface area contributed by atoms with Crippen LogP contribution < -0.4 is 10.0 Å². The molecule has 1 amide bonds. The molecule has 2 aromatic heterocycles. The van der Waals surface area contributed by atoms with Crippen LogP contribution in [0.2, 0.25) is 5.02 Å². The Morgan fingerprint density at radius 3 is 2.66 bits per heavy atom. The van der Waals surface area contributed by atoms with Crippen LogP contribution >= 0.6 is 11.6 Å². The van der Waals surface area contributed by atoms with Gasteiger partial charge in [0.25, 0.3) is 0 Å². The highest BCUT2D eigenvalue weighted by atomic mass is 35.5. The number of amides is 1. The minimum absolute atomic E-state index is 0.127. The third kappa shape index (κ3) is 5.51. The van der Waals surface area contributed by atoms with Gasteiger partial charge in [-0.05, 0) is 44.2 Å². The van der Waals surface area contributed by atoms with Crippen molar-refractivity contribution in [3.8, 4) is 11.4 Å². The monoisotopic (exact) mass is 482 g/mol. The van der Waals surface area contributed by atoms with Crippen molar-refractivity contribution >= 4 is 39.2 Å². The fourth-order valence-electron chi connectivity index (χ4n) is 2.85. The van der Waals surface area contributed by atoms with Gasteiger partial charge >= 0.3 is 6.09 Å². The molecule has 0 saturated carbocycles. The topological polar surface area (TPSA) is 128 Å². The van der Waals surface area contributed by atoms with Crippen molar-refractivity contribution in [3.05, 3.63) is 52.4 Å². The van der Waals surface area contributed by atoms with E-state index in [4.69, 9.17) is 16.3 Å². The summed E-state index contributed by atoms with van der Waals surface area (Å²) in [6, 6.07) is 7.02. The largest absolute Gasteiger partial charge is 0.441 e. The van der Waals surface area contributed by atoms with E-state index in [2.05, 4.69) is 25.3 Å². The molecule has 0 fully saturated rings. The number of anilines is 2. The first kappa shape index (κ1) is 23.4. The van der Waals surface area contributed by atoms with Gasteiger partial charge in [0.05, 0.1) is 23.3 Å². The van der Waals surface area contributed by atoms with E-state index < -0.39 is 28.0 Å². The Morgan fingerprint density at radius 1 is 1.28 bits per heavy atom. The molecule has 1 aromatic carbocycles. The molecule has 0 aliphatic rings. The van der Waals surface area contributed by atoms with Crippen LogP contribution in [0, 0.1) is 12.7 Å². The molecule has 13 heteroatoms. The van der Waals surface area contributed by atoms with E-state index in [-0.39, 0.29) is 17.1 Å². The van der Waals surface area contributed by atoms with E-state index in [0.29, 0.717) is 22.1 Å². The number of sulfonamides is 1. The van der Waals surface area contributed by atoms with Crippen molar-refractivity contribution in [2.45, 2.75) is 20.0 Å².